The topological polar surface area (TPSA) is 72.8 Å². The minimum atomic E-state index is -2.70. The summed E-state index contributed by atoms with van der Waals surface area (Å²) in [7, 11) is -2.70. The number of rotatable bonds is 1. The summed E-state index contributed by atoms with van der Waals surface area (Å²) in [4.78, 5) is 10.5. The Hall–Kier alpha value is -0.910. The Morgan fingerprint density at radius 3 is 2.45 bits per heavy atom. The molecule has 0 saturated heterocycles. The first-order valence-electron chi connectivity index (χ1n) is 3.06. The molecule has 0 aromatic carbocycles. The van der Waals surface area contributed by atoms with Crippen LogP contribution in [-0.2, 0) is 15.2 Å². The van der Waals surface area contributed by atoms with E-state index in [-0.39, 0.29) is 0 Å². The third-order valence-corrected chi connectivity index (χ3v) is 1.74. The highest BCUT2D eigenvalue weighted by molar-refractivity contribution is 7.62. The molecule has 1 saturated carbocycles. The Labute approximate surface area is 65.1 Å². The van der Waals surface area contributed by atoms with Crippen molar-refractivity contribution in [2.24, 2.45) is 4.36 Å². The molecule has 1 aliphatic carbocycles. The van der Waals surface area contributed by atoms with Gasteiger partial charge in [-0.15, -0.1) is 0 Å². The van der Waals surface area contributed by atoms with Crippen LogP contribution in [-0.4, -0.2) is 20.1 Å². The summed E-state index contributed by atoms with van der Waals surface area (Å²) in [5.74, 6) is 0. The molecule has 0 aromatic heterocycles. The lowest BCUT2D eigenvalue weighted by Crippen LogP contribution is -2.11. The number of nitrogens with zero attached hydrogens (tertiary/aromatic N) is 1. The zero-order valence-electron chi connectivity index (χ0n) is 5.90. The monoisotopic (exact) mass is 177 g/mol. The molecular formula is C5H7NO4S. The van der Waals surface area contributed by atoms with Gasteiger partial charge in [0, 0.05) is 0 Å². The van der Waals surface area contributed by atoms with Crippen LogP contribution in [0.2, 0.25) is 0 Å². The van der Waals surface area contributed by atoms with Gasteiger partial charge in [-0.05, 0) is 19.8 Å². The Morgan fingerprint density at radius 2 is 2.09 bits per heavy atom. The summed E-state index contributed by atoms with van der Waals surface area (Å²) in [6.45, 7) is 1.73. The smallest absolute Gasteiger partial charge is 0.441 e. The predicted molar refractivity (Wildman–Crippen MR) is 35.5 cm³/mol. The van der Waals surface area contributed by atoms with E-state index in [1.54, 1.807) is 6.92 Å². The van der Waals surface area contributed by atoms with Crippen LogP contribution in [0.1, 0.15) is 19.8 Å². The predicted octanol–water partition coefficient (Wildman–Crippen LogP) is 0.738. The Morgan fingerprint density at radius 1 is 1.55 bits per heavy atom. The zero-order chi connectivity index (χ0) is 8.48. The molecule has 0 N–H and O–H groups in total. The van der Waals surface area contributed by atoms with Gasteiger partial charge in [0.05, 0.1) is 0 Å². The van der Waals surface area contributed by atoms with Crippen LogP contribution >= 0.6 is 0 Å². The molecule has 0 aromatic rings. The molecule has 1 amide bonds. The molecule has 0 atom stereocenters. The van der Waals surface area contributed by atoms with E-state index >= 15 is 0 Å². The fourth-order valence-corrected chi connectivity index (χ4v) is 0.727. The zero-order valence-corrected chi connectivity index (χ0v) is 6.72. The van der Waals surface area contributed by atoms with E-state index in [4.69, 9.17) is 0 Å². The third-order valence-electron chi connectivity index (χ3n) is 1.44. The maximum absolute atomic E-state index is 10.5. The van der Waals surface area contributed by atoms with E-state index in [9.17, 15) is 13.2 Å². The van der Waals surface area contributed by atoms with Gasteiger partial charge < -0.3 is 4.74 Å². The van der Waals surface area contributed by atoms with Gasteiger partial charge in [0.2, 0.25) is 0 Å². The van der Waals surface area contributed by atoms with Crippen LogP contribution in [0, 0.1) is 0 Å². The normalized spacial score (nSPS) is 18.6. The Kier molecular flexibility index (Phi) is 1.95. The van der Waals surface area contributed by atoms with Crippen LogP contribution < -0.4 is 0 Å². The summed E-state index contributed by atoms with van der Waals surface area (Å²) < 4.78 is 27.0. The van der Waals surface area contributed by atoms with Crippen molar-refractivity contribution in [1.82, 2.24) is 0 Å². The van der Waals surface area contributed by atoms with Crippen molar-refractivity contribution in [3.05, 3.63) is 0 Å². The third kappa shape index (κ3) is 2.67. The van der Waals surface area contributed by atoms with Crippen molar-refractivity contribution >= 4 is 16.6 Å². The standard InChI is InChI=1S/C5H7NO4S/c1-5(2-3-5)10-4(7)6-11(8)9/h2-3H2,1H3. The first-order chi connectivity index (χ1) is 5.02. The molecule has 1 rings (SSSR count). The Bertz CT molecular complexity index is 292. The first kappa shape index (κ1) is 8.19. The van der Waals surface area contributed by atoms with Crippen molar-refractivity contribution in [2.75, 3.05) is 0 Å². The van der Waals surface area contributed by atoms with Gasteiger partial charge in [0.15, 0.2) is 0 Å². The number of amides is 1. The van der Waals surface area contributed by atoms with E-state index in [0.717, 1.165) is 12.8 Å². The number of ether oxygens (including phenoxy) is 1. The lowest BCUT2D eigenvalue weighted by atomic mass is 10.4. The van der Waals surface area contributed by atoms with Crippen molar-refractivity contribution in [3.63, 3.8) is 0 Å². The van der Waals surface area contributed by atoms with E-state index in [2.05, 4.69) is 9.10 Å². The molecule has 0 aliphatic heterocycles. The minimum Gasteiger partial charge on any atom is -0.441 e. The van der Waals surface area contributed by atoms with E-state index in [1.165, 1.54) is 0 Å². The molecular weight excluding hydrogens is 170 g/mol. The van der Waals surface area contributed by atoms with Gasteiger partial charge in [-0.2, -0.15) is 8.42 Å². The average Bonchev–Trinajstić information content (AvgIpc) is 2.44. The van der Waals surface area contributed by atoms with Crippen LogP contribution in [0.4, 0.5) is 4.79 Å². The number of hydrogen-bond acceptors (Lipinski definition) is 4. The second kappa shape index (κ2) is 2.61. The van der Waals surface area contributed by atoms with Gasteiger partial charge in [0.25, 0.3) is 0 Å². The molecule has 1 aliphatic rings. The highest BCUT2D eigenvalue weighted by Crippen LogP contribution is 2.38. The maximum Gasteiger partial charge on any atom is 0.449 e. The second-order valence-electron chi connectivity index (χ2n) is 2.63. The number of carbonyl (C=O) groups excluding carboxylic acids is 1. The second-order valence-corrected chi connectivity index (χ2v) is 3.24. The lowest BCUT2D eigenvalue weighted by molar-refractivity contribution is 0.103. The van der Waals surface area contributed by atoms with Crippen molar-refractivity contribution in [3.8, 4) is 0 Å². The number of carbonyl (C=O) groups is 1. The SMILES string of the molecule is CC1(OC(=O)N=S(=O)=O)CC1. The molecule has 0 heterocycles. The van der Waals surface area contributed by atoms with E-state index in [1.807, 2.05) is 0 Å². The van der Waals surface area contributed by atoms with Gasteiger partial charge in [-0.3, -0.25) is 0 Å². The van der Waals surface area contributed by atoms with Gasteiger partial charge >= 0.3 is 16.6 Å². The van der Waals surface area contributed by atoms with Crippen LogP contribution in [0.15, 0.2) is 4.36 Å². The van der Waals surface area contributed by atoms with Crippen molar-refractivity contribution in [1.29, 1.82) is 0 Å². The Balaban J connectivity index is 2.51. The van der Waals surface area contributed by atoms with Crippen molar-refractivity contribution < 1.29 is 17.9 Å². The fourth-order valence-electron chi connectivity index (χ4n) is 0.568. The largest absolute Gasteiger partial charge is 0.449 e. The summed E-state index contributed by atoms with van der Waals surface area (Å²) in [5, 5.41) is 0. The molecule has 62 valence electrons. The van der Waals surface area contributed by atoms with E-state index in [0.29, 0.717) is 0 Å². The molecule has 0 bridgehead atoms. The first-order valence-corrected chi connectivity index (χ1v) is 4.09. The maximum atomic E-state index is 10.5. The van der Waals surface area contributed by atoms with Crippen LogP contribution in [0.25, 0.3) is 0 Å². The summed E-state index contributed by atoms with van der Waals surface area (Å²) in [6.07, 6.45) is 0.526. The molecule has 5 nitrogen and oxygen atoms in total. The van der Waals surface area contributed by atoms with Gasteiger partial charge in [-0.25, -0.2) is 4.79 Å². The molecule has 0 radical (unpaired) electrons. The van der Waals surface area contributed by atoms with E-state index < -0.39 is 22.2 Å². The fraction of sp³-hybridized carbons (Fsp3) is 0.800. The highest BCUT2D eigenvalue weighted by Gasteiger charge is 2.41. The lowest BCUT2D eigenvalue weighted by Gasteiger charge is -2.04. The molecule has 0 spiro atoms. The van der Waals surface area contributed by atoms with Gasteiger partial charge in [0.1, 0.15) is 5.60 Å². The quantitative estimate of drug-likeness (QED) is 0.592. The van der Waals surface area contributed by atoms with Crippen molar-refractivity contribution in [2.45, 2.75) is 25.4 Å². The molecule has 6 heteroatoms. The molecule has 11 heavy (non-hydrogen) atoms. The summed E-state index contributed by atoms with van der Waals surface area (Å²) >= 11 is 0. The number of hydrogen-bond donors (Lipinski definition) is 0. The minimum absolute atomic E-state index is 0.458. The van der Waals surface area contributed by atoms with Gasteiger partial charge in [-0.1, -0.05) is 4.36 Å². The molecule has 1 fully saturated rings. The van der Waals surface area contributed by atoms with Crippen LogP contribution in [0.5, 0.6) is 0 Å². The highest BCUT2D eigenvalue weighted by atomic mass is 32.2. The summed E-state index contributed by atoms with van der Waals surface area (Å²) in [5.41, 5.74) is -0.458. The van der Waals surface area contributed by atoms with Crippen LogP contribution in [0.3, 0.4) is 0 Å². The average molecular weight is 177 g/mol. The molecule has 0 unspecified atom stereocenters. The summed E-state index contributed by atoms with van der Waals surface area (Å²) in [6, 6.07) is 0.